The standard InChI is InChI=1S/C13H17N3O2/c1-8(2)11-5-4-10(6-9(11)3)17-7-12-15-16-13(14)18-12/h4-6,8H,7H2,1-3H3,(H2,14,16). The Hall–Kier alpha value is -2.04. The summed E-state index contributed by atoms with van der Waals surface area (Å²) in [5.74, 6) is 1.67. The number of ether oxygens (including phenoxy) is 1. The van der Waals surface area contributed by atoms with Crippen molar-refractivity contribution in [1.29, 1.82) is 0 Å². The highest BCUT2D eigenvalue weighted by Crippen LogP contribution is 2.23. The normalized spacial score (nSPS) is 10.9. The maximum absolute atomic E-state index is 5.57. The van der Waals surface area contributed by atoms with Gasteiger partial charge in [0.15, 0.2) is 6.61 Å². The second-order valence-corrected chi connectivity index (χ2v) is 4.50. The molecule has 0 fully saturated rings. The molecule has 2 aromatic rings. The molecule has 5 nitrogen and oxygen atoms in total. The van der Waals surface area contributed by atoms with E-state index >= 15 is 0 Å². The van der Waals surface area contributed by atoms with Crippen LogP contribution in [0.5, 0.6) is 5.75 Å². The smallest absolute Gasteiger partial charge is 0.312 e. The molecule has 0 aliphatic carbocycles. The Bertz CT molecular complexity index is 535. The van der Waals surface area contributed by atoms with Crippen LogP contribution in [0.25, 0.3) is 0 Å². The van der Waals surface area contributed by atoms with E-state index in [1.807, 2.05) is 12.1 Å². The Morgan fingerprint density at radius 3 is 2.67 bits per heavy atom. The summed E-state index contributed by atoms with van der Waals surface area (Å²) < 4.78 is 10.6. The van der Waals surface area contributed by atoms with Crippen molar-refractivity contribution >= 4 is 6.01 Å². The van der Waals surface area contributed by atoms with Crippen molar-refractivity contribution in [2.75, 3.05) is 5.73 Å². The van der Waals surface area contributed by atoms with Crippen molar-refractivity contribution in [2.24, 2.45) is 0 Å². The summed E-state index contributed by atoms with van der Waals surface area (Å²) in [4.78, 5) is 0. The molecular weight excluding hydrogens is 230 g/mol. The third-order valence-electron chi connectivity index (χ3n) is 2.71. The summed E-state index contributed by atoms with van der Waals surface area (Å²) in [6, 6.07) is 6.09. The third-order valence-corrected chi connectivity index (χ3v) is 2.71. The van der Waals surface area contributed by atoms with Crippen LogP contribution in [0.15, 0.2) is 22.6 Å². The zero-order valence-electron chi connectivity index (χ0n) is 10.8. The van der Waals surface area contributed by atoms with E-state index in [4.69, 9.17) is 14.9 Å². The summed E-state index contributed by atoms with van der Waals surface area (Å²) in [6.07, 6.45) is 0. The Morgan fingerprint density at radius 2 is 2.11 bits per heavy atom. The van der Waals surface area contributed by atoms with Crippen molar-refractivity contribution in [1.82, 2.24) is 10.2 Å². The Balaban J connectivity index is 2.04. The molecule has 0 saturated heterocycles. The molecule has 0 amide bonds. The van der Waals surface area contributed by atoms with Gasteiger partial charge >= 0.3 is 6.01 Å². The molecule has 1 aromatic heterocycles. The van der Waals surface area contributed by atoms with E-state index < -0.39 is 0 Å². The zero-order valence-corrected chi connectivity index (χ0v) is 10.8. The van der Waals surface area contributed by atoms with Gasteiger partial charge in [0.25, 0.3) is 5.89 Å². The van der Waals surface area contributed by atoms with Crippen LogP contribution >= 0.6 is 0 Å². The largest absolute Gasteiger partial charge is 0.484 e. The molecule has 0 spiro atoms. The first kappa shape index (κ1) is 12.4. The van der Waals surface area contributed by atoms with Gasteiger partial charge in [-0.3, -0.25) is 0 Å². The first-order chi connectivity index (χ1) is 8.56. The molecular formula is C13H17N3O2. The van der Waals surface area contributed by atoms with Gasteiger partial charge in [-0.2, -0.15) is 0 Å². The number of aryl methyl sites for hydroxylation is 1. The van der Waals surface area contributed by atoms with E-state index in [0.717, 1.165) is 5.75 Å². The van der Waals surface area contributed by atoms with Gasteiger partial charge in [0, 0.05) is 0 Å². The minimum Gasteiger partial charge on any atom is -0.484 e. The van der Waals surface area contributed by atoms with Gasteiger partial charge in [-0.1, -0.05) is 25.0 Å². The van der Waals surface area contributed by atoms with Crippen LogP contribution in [0.1, 0.15) is 36.8 Å². The Morgan fingerprint density at radius 1 is 1.33 bits per heavy atom. The fraction of sp³-hybridized carbons (Fsp3) is 0.385. The SMILES string of the molecule is Cc1cc(OCc2nnc(N)o2)ccc1C(C)C. The second kappa shape index (κ2) is 5.08. The number of nitrogens with two attached hydrogens (primary N) is 1. The molecule has 0 atom stereocenters. The highest BCUT2D eigenvalue weighted by atomic mass is 16.5. The van der Waals surface area contributed by atoms with E-state index in [2.05, 4.69) is 37.0 Å². The molecule has 0 radical (unpaired) electrons. The lowest BCUT2D eigenvalue weighted by Gasteiger charge is -2.11. The number of hydrogen-bond acceptors (Lipinski definition) is 5. The number of rotatable bonds is 4. The van der Waals surface area contributed by atoms with Crippen LogP contribution in [-0.2, 0) is 6.61 Å². The van der Waals surface area contributed by atoms with E-state index in [-0.39, 0.29) is 12.6 Å². The fourth-order valence-electron chi connectivity index (χ4n) is 1.86. The fourth-order valence-corrected chi connectivity index (χ4v) is 1.86. The lowest BCUT2D eigenvalue weighted by molar-refractivity contribution is 0.264. The average molecular weight is 247 g/mol. The lowest BCUT2D eigenvalue weighted by Crippen LogP contribution is -1.98. The molecule has 5 heteroatoms. The predicted molar refractivity (Wildman–Crippen MR) is 68.3 cm³/mol. The molecule has 0 aliphatic heterocycles. The molecule has 2 N–H and O–H groups in total. The quantitative estimate of drug-likeness (QED) is 0.899. The summed E-state index contributed by atoms with van der Waals surface area (Å²) in [7, 11) is 0. The van der Waals surface area contributed by atoms with Crippen LogP contribution in [0, 0.1) is 6.92 Å². The van der Waals surface area contributed by atoms with Gasteiger partial charge in [-0.25, -0.2) is 0 Å². The molecule has 0 bridgehead atoms. The van der Waals surface area contributed by atoms with Crippen molar-refractivity contribution in [3.05, 3.63) is 35.2 Å². The van der Waals surface area contributed by atoms with Gasteiger partial charge in [0.05, 0.1) is 0 Å². The molecule has 0 aliphatic rings. The minimum absolute atomic E-state index is 0.0555. The molecule has 18 heavy (non-hydrogen) atoms. The van der Waals surface area contributed by atoms with E-state index in [0.29, 0.717) is 11.8 Å². The van der Waals surface area contributed by atoms with Crippen LogP contribution in [-0.4, -0.2) is 10.2 Å². The summed E-state index contributed by atoms with van der Waals surface area (Å²) in [5, 5.41) is 7.30. The third kappa shape index (κ3) is 2.80. The number of nitrogen functional groups attached to an aromatic ring is 1. The first-order valence-electron chi connectivity index (χ1n) is 5.87. The van der Waals surface area contributed by atoms with Crippen molar-refractivity contribution in [3.8, 4) is 5.75 Å². The zero-order chi connectivity index (χ0) is 13.1. The number of hydrogen-bond donors (Lipinski definition) is 1. The van der Waals surface area contributed by atoms with Crippen LogP contribution < -0.4 is 10.5 Å². The highest BCUT2D eigenvalue weighted by molar-refractivity contribution is 5.36. The lowest BCUT2D eigenvalue weighted by atomic mass is 9.98. The topological polar surface area (TPSA) is 74.2 Å². The van der Waals surface area contributed by atoms with Gasteiger partial charge in [-0.15, -0.1) is 5.10 Å². The van der Waals surface area contributed by atoms with Gasteiger partial charge < -0.3 is 14.9 Å². The molecule has 0 unspecified atom stereocenters. The van der Waals surface area contributed by atoms with Crippen molar-refractivity contribution in [3.63, 3.8) is 0 Å². The average Bonchev–Trinajstić information content (AvgIpc) is 2.72. The molecule has 1 aromatic carbocycles. The molecule has 0 saturated carbocycles. The number of benzene rings is 1. The maximum Gasteiger partial charge on any atom is 0.312 e. The number of aromatic nitrogens is 2. The number of anilines is 1. The van der Waals surface area contributed by atoms with Crippen LogP contribution in [0.3, 0.4) is 0 Å². The second-order valence-electron chi connectivity index (χ2n) is 4.50. The van der Waals surface area contributed by atoms with Crippen LogP contribution in [0.2, 0.25) is 0 Å². The predicted octanol–water partition coefficient (Wildman–Crippen LogP) is 2.66. The Labute approximate surface area is 106 Å². The first-order valence-corrected chi connectivity index (χ1v) is 5.87. The summed E-state index contributed by atoms with van der Waals surface area (Å²) in [6.45, 7) is 6.64. The monoisotopic (exact) mass is 247 g/mol. The van der Waals surface area contributed by atoms with Crippen molar-refractivity contribution in [2.45, 2.75) is 33.3 Å². The van der Waals surface area contributed by atoms with Gasteiger partial charge in [-0.05, 0) is 36.1 Å². The Kier molecular flexibility index (Phi) is 3.50. The van der Waals surface area contributed by atoms with Crippen molar-refractivity contribution < 1.29 is 9.15 Å². The maximum atomic E-state index is 5.57. The minimum atomic E-state index is 0.0555. The van der Waals surface area contributed by atoms with E-state index in [1.54, 1.807) is 0 Å². The molecule has 96 valence electrons. The molecule has 2 rings (SSSR count). The van der Waals surface area contributed by atoms with Gasteiger partial charge in [0.1, 0.15) is 5.75 Å². The molecule has 1 heterocycles. The van der Waals surface area contributed by atoms with E-state index in [1.165, 1.54) is 11.1 Å². The van der Waals surface area contributed by atoms with Gasteiger partial charge in [0.2, 0.25) is 0 Å². The summed E-state index contributed by atoms with van der Waals surface area (Å²) in [5.41, 5.74) is 7.87. The highest BCUT2D eigenvalue weighted by Gasteiger charge is 2.07. The summed E-state index contributed by atoms with van der Waals surface area (Å²) >= 11 is 0. The van der Waals surface area contributed by atoms with E-state index in [9.17, 15) is 0 Å². The van der Waals surface area contributed by atoms with Crippen LogP contribution in [0.4, 0.5) is 6.01 Å². The number of nitrogens with zero attached hydrogens (tertiary/aromatic N) is 2.